The third kappa shape index (κ3) is 4.45. The van der Waals surface area contributed by atoms with Gasteiger partial charge in [-0.05, 0) is 18.3 Å². The van der Waals surface area contributed by atoms with Gasteiger partial charge in [-0.3, -0.25) is 0 Å². The van der Waals surface area contributed by atoms with Crippen LogP contribution in [-0.2, 0) is 9.16 Å². The highest BCUT2D eigenvalue weighted by molar-refractivity contribution is 6.84. The summed E-state index contributed by atoms with van der Waals surface area (Å²) in [5, 5.41) is 9.84. The summed E-state index contributed by atoms with van der Waals surface area (Å²) in [7, 11) is -1.78. The van der Waals surface area contributed by atoms with E-state index < -0.39 is 8.32 Å². The molecule has 0 aliphatic rings. The first-order valence-corrected chi connectivity index (χ1v) is 8.46. The third-order valence-corrected chi connectivity index (χ3v) is 5.04. The molecule has 1 rings (SSSR count). The highest BCUT2D eigenvalue weighted by atomic mass is 28.4. The minimum absolute atomic E-state index is 0.0690. The second-order valence-electron chi connectivity index (χ2n) is 4.06. The van der Waals surface area contributed by atoms with Gasteiger partial charge in [0.05, 0.1) is 26.4 Å². The molecule has 0 aliphatic heterocycles. The van der Waals surface area contributed by atoms with Crippen molar-refractivity contribution in [3.05, 3.63) is 30.3 Å². The molecule has 0 bridgehead atoms. The van der Waals surface area contributed by atoms with Gasteiger partial charge in [0, 0.05) is 0 Å². The van der Waals surface area contributed by atoms with E-state index in [-0.39, 0.29) is 6.61 Å². The Hall–Kier alpha value is -0.683. The zero-order valence-electron chi connectivity index (χ0n) is 9.98. The highest BCUT2D eigenvalue weighted by Crippen LogP contribution is 2.04. The molecule has 1 aromatic rings. The first-order chi connectivity index (χ1) is 7.67. The number of aliphatic hydroxyl groups excluding tert-OH is 1. The number of benzene rings is 1. The van der Waals surface area contributed by atoms with Gasteiger partial charge in [-0.15, -0.1) is 0 Å². The fraction of sp³-hybridized carbons (Fsp3) is 0.500. The van der Waals surface area contributed by atoms with Crippen molar-refractivity contribution in [1.29, 1.82) is 0 Å². The molecular formula is C12H20O3Si. The molecule has 16 heavy (non-hydrogen) atoms. The molecule has 0 fully saturated rings. The van der Waals surface area contributed by atoms with E-state index in [9.17, 15) is 0 Å². The highest BCUT2D eigenvalue weighted by Gasteiger charge is 2.24. The van der Waals surface area contributed by atoms with Crippen LogP contribution in [0.15, 0.2) is 30.3 Å². The Morgan fingerprint density at radius 3 is 2.38 bits per heavy atom. The molecule has 4 heteroatoms. The average molecular weight is 240 g/mol. The van der Waals surface area contributed by atoms with Crippen LogP contribution in [0.25, 0.3) is 0 Å². The molecule has 0 amide bonds. The summed E-state index contributed by atoms with van der Waals surface area (Å²) in [6.07, 6.45) is 0. The maximum Gasteiger partial charge on any atom is 0.218 e. The minimum Gasteiger partial charge on any atom is -0.411 e. The van der Waals surface area contributed by atoms with Crippen LogP contribution < -0.4 is 5.19 Å². The molecule has 0 heterocycles. The zero-order chi connectivity index (χ0) is 11.9. The lowest BCUT2D eigenvalue weighted by molar-refractivity contribution is 0.0694. The Kier molecular flexibility index (Phi) is 5.69. The van der Waals surface area contributed by atoms with Gasteiger partial charge in [-0.2, -0.15) is 0 Å². The van der Waals surface area contributed by atoms with Gasteiger partial charge in [-0.25, -0.2) is 0 Å². The molecule has 0 atom stereocenters. The molecule has 3 nitrogen and oxygen atoms in total. The van der Waals surface area contributed by atoms with Crippen LogP contribution in [-0.4, -0.2) is 39.9 Å². The number of aliphatic hydroxyl groups is 1. The number of ether oxygens (including phenoxy) is 1. The van der Waals surface area contributed by atoms with Crippen molar-refractivity contribution in [3.8, 4) is 0 Å². The Bertz CT molecular complexity index is 288. The predicted octanol–water partition coefficient (Wildman–Crippen LogP) is 1.12. The average Bonchev–Trinajstić information content (AvgIpc) is 2.30. The normalized spacial score (nSPS) is 11.7. The summed E-state index contributed by atoms with van der Waals surface area (Å²) < 4.78 is 11.1. The van der Waals surface area contributed by atoms with Gasteiger partial charge in [-0.1, -0.05) is 30.3 Å². The Labute approximate surface area is 98.1 Å². The third-order valence-electron chi connectivity index (χ3n) is 2.40. The number of hydrogen-bond acceptors (Lipinski definition) is 3. The van der Waals surface area contributed by atoms with Crippen LogP contribution in [0.1, 0.15) is 0 Å². The van der Waals surface area contributed by atoms with Crippen LogP contribution in [0.4, 0.5) is 0 Å². The number of hydrogen-bond donors (Lipinski definition) is 1. The van der Waals surface area contributed by atoms with E-state index in [0.717, 1.165) is 0 Å². The lowest BCUT2D eigenvalue weighted by atomic mass is 10.4. The van der Waals surface area contributed by atoms with Crippen molar-refractivity contribution >= 4 is 13.5 Å². The predicted molar refractivity (Wildman–Crippen MR) is 67.4 cm³/mol. The summed E-state index contributed by atoms with van der Waals surface area (Å²) in [6, 6.07) is 10.3. The van der Waals surface area contributed by atoms with Crippen molar-refractivity contribution in [2.45, 2.75) is 13.1 Å². The fourth-order valence-corrected chi connectivity index (χ4v) is 3.20. The van der Waals surface area contributed by atoms with E-state index in [1.54, 1.807) is 0 Å². The van der Waals surface area contributed by atoms with Crippen LogP contribution in [0, 0.1) is 0 Å². The number of rotatable bonds is 7. The van der Waals surface area contributed by atoms with Crippen LogP contribution in [0.2, 0.25) is 13.1 Å². The van der Waals surface area contributed by atoms with Crippen molar-refractivity contribution < 1.29 is 14.3 Å². The van der Waals surface area contributed by atoms with Crippen LogP contribution >= 0.6 is 0 Å². The molecule has 0 radical (unpaired) electrons. The summed E-state index contributed by atoms with van der Waals surface area (Å²) >= 11 is 0. The first-order valence-electron chi connectivity index (χ1n) is 5.55. The molecule has 0 aliphatic carbocycles. The SMILES string of the molecule is C[Si](C)(OCCOCCO)c1ccccc1. The van der Waals surface area contributed by atoms with Gasteiger partial charge in [0.1, 0.15) is 0 Å². The van der Waals surface area contributed by atoms with E-state index in [4.69, 9.17) is 14.3 Å². The second kappa shape index (κ2) is 6.80. The molecular weight excluding hydrogens is 220 g/mol. The van der Waals surface area contributed by atoms with Crippen LogP contribution in [0.3, 0.4) is 0 Å². The van der Waals surface area contributed by atoms with Crippen molar-refractivity contribution in [3.63, 3.8) is 0 Å². The van der Waals surface area contributed by atoms with Crippen molar-refractivity contribution in [1.82, 2.24) is 0 Å². The van der Waals surface area contributed by atoms with E-state index in [0.29, 0.717) is 19.8 Å². The van der Waals surface area contributed by atoms with Gasteiger partial charge in [0.15, 0.2) is 0 Å². The molecule has 1 N–H and O–H groups in total. The molecule has 0 saturated heterocycles. The smallest absolute Gasteiger partial charge is 0.218 e. The quantitative estimate of drug-likeness (QED) is 0.573. The monoisotopic (exact) mass is 240 g/mol. The first kappa shape index (κ1) is 13.4. The molecule has 0 aromatic heterocycles. The van der Waals surface area contributed by atoms with Gasteiger partial charge in [0.25, 0.3) is 0 Å². The Morgan fingerprint density at radius 2 is 1.75 bits per heavy atom. The van der Waals surface area contributed by atoms with Crippen molar-refractivity contribution in [2.75, 3.05) is 26.4 Å². The summed E-state index contributed by atoms with van der Waals surface area (Å²) in [4.78, 5) is 0. The molecule has 1 aromatic carbocycles. The largest absolute Gasteiger partial charge is 0.411 e. The lowest BCUT2D eigenvalue weighted by Crippen LogP contribution is -2.45. The zero-order valence-corrected chi connectivity index (χ0v) is 11.0. The minimum atomic E-state index is -1.78. The van der Waals surface area contributed by atoms with E-state index in [1.165, 1.54) is 5.19 Å². The summed E-state index contributed by atoms with van der Waals surface area (Å²) in [5.41, 5.74) is 0. The van der Waals surface area contributed by atoms with E-state index >= 15 is 0 Å². The summed E-state index contributed by atoms with van der Waals surface area (Å²) in [6.45, 7) is 5.94. The van der Waals surface area contributed by atoms with E-state index in [1.807, 2.05) is 18.2 Å². The maximum absolute atomic E-state index is 8.55. The molecule has 0 saturated carbocycles. The van der Waals surface area contributed by atoms with Crippen molar-refractivity contribution in [2.24, 2.45) is 0 Å². The fourth-order valence-electron chi connectivity index (χ4n) is 1.45. The molecule has 90 valence electrons. The van der Waals surface area contributed by atoms with Crippen LogP contribution in [0.5, 0.6) is 0 Å². The second-order valence-corrected chi connectivity index (χ2v) is 7.95. The van der Waals surface area contributed by atoms with E-state index in [2.05, 4.69) is 25.2 Å². The molecule has 0 unspecified atom stereocenters. The Morgan fingerprint density at radius 1 is 1.06 bits per heavy atom. The maximum atomic E-state index is 8.55. The van der Waals surface area contributed by atoms with Gasteiger partial charge < -0.3 is 14.3 Å². The summed E-state index contributed by atoms with van der Waals surface area (Å²) in [5.74, 6) is 0. The van der Waals surface area contributed by atoms with Gasteiger partial charge >= 0.3 is 0 Å². The van der Waals surface area contributed by atoms with Gasteiger partial charge in [0.2, 0.25) is 8.32 Å². The standard InChI is InChI=1S/C12H20O3Si/c1-16(2,12-6-4-3-5-7-12)15-11-10-14-9-8-13/h3-7,13H,8-11H2,1-2H3. The lowest BCUT2D eigenvalue weighted by Gasteiger charge is -2.23. The Balaban J connectivity index is 2.35. The molecule has 0 spiro atoms. The topological polar surface area (TPSA) is 38.7 Å².